The molecule has 6 heteroatoms. The van der Waals surface area contributed by atoms with E-state index < -0.39 is 5.60 Å². The molecule has 6 nitrogen and oxygen atoms in total. The summed E-state index contributed by atoms with van der Waals surface area (Å²) in [5.41, 5.74) is 5.12. The first-order chi connectivity index (χ1) is 8.56. The maximum absolute atomic E-state index is 10.4. The number of hydrogen-bond donors (Lipinski definition) is 2. The molecule has 0 saturated heterocycles. The van der Waals surface area contributed by atoms with Crippen LogP contribution in [0.1, 0.15) is 25.7 Å². The first kappa shape index (κ1) is 12.9. The Hall–Kier alpha value is -1.56. The zero-order valence-electron chi connectivity index (χ0n) is 10.9. The molecule has 0 bridgehead atoms. The molecule has 1 aliphatic carbocycles. The zero-order valence-corrected chi connectivity index (χ0v) is 10.9. The van der Waals surface area contributed by atoms with Crippen LogP contribution in [0.5, 0.6) is 5.75 Å². The first-order valence-electron chi connectivity index (χ1n) is 6.14. The first-order valence-corrected chi connectivity index (χ1v) is 6.14. The Morgan fingerprint density at radius 2 is 2.11 bits per heavy atom. The molecule has 18 heavy (non-hydrogen) atoms. The fourth-order valence-corrected chi connectivity index (χ4v) is 2.55. The number of hydrogen-bond acceptors (Lipinski definition) is 6. The van der Waals surface area contributed by atoms with Crippen LogP contribution in [0.25, 0.3) is 0 Å². The summed E-state index contributed by atoms with van der Waals surface area (Å²) in [6.07, 6.45) is 5.23. The average Bonchev–Trinajstić information content (AvgIpc) is 2.75. The van der Waals surface area contributed by atoms with E-state index in [9.17, 15) is 5.11 Å². The van der Waals surface area contributed by atoms with Gasteiger partial charge in [-0.25, -0.2) is 9.97 Å². The van der Waals surface area contributed by atoms with Gasteiger partial charge in [0.25, 0.3) is 0 Å². The number of anilines is 2. The molecule has 0 aromatic carbocycles. The van der Waals surface area contributed by atoms with Gasteiger partial charge in [0.15, 0.2) is 11.6 Å². The molecular weight excluding hydrogens is 232 g/mol. The van der Waals surface area contributed by atoms with E-state index in [0.717, 1.165) is 25.7 Å². The Kier molecular flexibility index (Phi) is 3.56. The van der Waals surface area contributed by atoms with Crippen LogP contribution in [0, 0.1) is 0 Å². The molecule has 0 unspecified atom stereocenters. The largest absolute Gasteiger partial charge is 0.490 e. The summed E-state index contributed by atoms with van der Waals surface area (Å²) in [5.74, 6) is 1.39. The van der Waals surface area contributed by atoms with Gasteiger partial charge in [-0.3, -0.25) is 0 Å². The monoisotopic (exact) mass is 252 g/mol. The fourth-order valence-electron chi connectivity index (χ4n) is 2.55. The number of nitrogen functional groups attached to an aromatic ring is 1. The van der Waals surface area contributed by atoms with Crippen LogP contribution in [0.15, 0.2) is 6.33 Å². The van der Waals surface area contributed by atoms with Crippen LogP contribution in [0.4, 0.5) is 11.6 Å². The van der Waals surface area contributed by atoms with Crippen molar-refractivity contribution in [2.45, 2.75) is 31.3 Å². The number of likely N-dealkylation sites (N-methyl/N-ethyl adjacent to an activating group) is 1. The summed E-state index contributed by atoms with van der Waals surface area (Å²) in [7, 11) is 3.41. The minimum Gasteiger partial charge on any atom is -0.490 e. The van der Waals surface area contributed by atoms with Crippen molar-refractivity contribution in [1.82, 2.24) is 9.97 Å². The normalized spacial score (nSPS) is 17.7. The van der Waals surface area contributed by atoms with Gasteiger partial charge in [0.1, 0.15) is 6.33 Å². The summed E-state index contributed by atoms with van der Waals surface area (Å²) < 4.78 is 5.22. The zero-order chi connectivity index (χ0) is 13.2. The van der Waals surface area contributed by atoms with Crippen molar-refractivity contribution >= 4 is 11.6 Å². The van der Waals surface area contributed by atoms with Gasteiger partial charge in [0, 0.05) is 13.6 Å². The Bertz CT molecular complexity index is 419. The number of nitrogens with two attached hydrogens (primary N) is 1. The molecule has 1 fully saturated rings. The molecule has 0 spiro atoms. The highest BCUT2D eigenvalue weighted by atomic mass is 16.5. The molecule has 2 rings (SSSR count). The van der Waals surface area contributed by atoms with E-state index in [1.807, 2.05) is 11.9 Å². The number of ether oxygens (including phenoxy) is 1. The van der Waals surface area contributed by atoms with E-state index in [4.69, 9.17) is 10.5 Å². The number of rotatable bonds is 4. The van der Waals surface area contributed by atoms with Crippen molar-refractivity contribution in [2.75, 3.05) is 31.3 Å². The predicted molar refractivity (Wildman–Crippen MR) is 69.7 cm³/mol. The molecule has 0 amide bonds. The molecule has 1 aliphatic rings. The van der Waals surface area contributed by atoms with Crippen molar-refractivity contribution in [3.63, 3.8) is 0 Å². The maximum atomic E-state index is 10.4. The van der Waals surface area contributed by atoms with Crippen LogP contribution in [-0.2, 0) is 0 Å². The van der Waals surface area contributed by atoms with Crippen molar-refractivity contribution in [2.24, 2.45) is 0 Å². The van der Waals surface area contributed by atoms with E-state index in [2.05, 4.69) is 9.97 Å². The molecule has 0 aliphatic heterocycles. The second-order valence-electron chi connectivity index (χ2n) is 4.90. The lowest BCUT2D eigenvalue weighted by Gasteiger charge is -2.30. The SMILES string of the molecule is COc1c(N)ncnc1N(C)CC1(O)CCCC1. The Morgan fingerprint density at radius 1 is 1.44 bits per heavy atom. The molecule has 0 atom stereocenters. The van der Waals surface area contributed by atoms with Gasteiger partial charge < -0.3 is 20.5 Å². The Balaban J connectivity index is 2.18. The second-order valence-corrected chi connectivity index (χ2v) is 4.90. The summed E-state index contributed by atoms with van der Waals surface area (Å²) >= 11 is 0. The van der Waals surface area contributed by atoms with Gasteiger partial charge in [-0.1, -0.05) is 12.8 Å². The molecule has 3 N–H and O–H groups in total. The van der Waals surface area contributed by atoms with E-state index in [1.165, 1.54) is 13.4 Å². The van der Waals surface area contributed by atoms with Gasteiger partial charge in [-0.05, 0) is 12.8 Å². The minimum atomic E-state index is -0.626. The van der Waals surface area contributed by atoms with Gasteiger partial charge in [-0.15, -0.1) is 0 Å². The lowest BCUT2D eigenvalue weighted by molar-refractivity contribution is 0.0557. The summed E-state index contributed by atoms with van der Waals surface area (Å²) in [4.78, 5) is 9.95. The summed E-state index contributed by atoms with van der Waals surface area (Å²) in [6.45, 7) is 0.528. The minimum absolute atomic E-state index is 0.313. The van der Waals surface area contributed by atoms with E-state index >= 15 is 0 Å². The van der Waals surface area contributed by atoms with Crippen molar-refractivity contribution in [3.05, 3.63) is 6.33 Å². The second kappa shape index (κ2) is 4.97. The van der Waals surface area contributed by atoms with Gasteiger partial charge in [0.05, 0.1) is 12.7 Å². The van der Waals surface area contributed by atoms with Crippen molar-refractivity contribution in [1.29, 1.82) is 0 Å². The number of aromatic nitrogens is 2. The lowest BCUT2D eigenvalue weighted by atomic mass is 10.0. The van der Waals surface area contributed by atoms with E-state index in [1.54, 1.807) is 0 Å². The topological polar surface area (TPSA) is 84.5 Å². The highest BCUT2D eigenvalue weighted by molar-refractivity contribution is 5.62. The Morgan fingerprint density at radius 3 is 2.72 bits per heavy atom. The third-order valence-corrected chi connectivity index (χ3v) is 3.44. The lowest BCUT2D eigenvalue weighted by Crippen LogP contribution is -2.39. The van der Waals surface area contributed by atoms with Crippen LogP contribution >= 0.6 is 0 Å². The molecular formula is C12H20N4O2. The third kappa shape index (κ3) is 2.48. The maximum Gasteiger partial charge on any atom is 0.204 e. The molecule has 1 saturated carbocycles. The van der Waals surface area contributed by atoms with Crippen LogP contribution < -0.4 is 15.4 Å². The standard InChI is InChI=1S/C12H20N4O2/c1-16(7-12(17)5-3-4-6-12)11-9(18-2)10(13)14-8-15-11/h8,17H,3-7H2,1-2H3,(H2,13,14,15). The third-order valence-electron chi connectivity index (χ3n) is 3.44. The molecule has 0 radical (unpaired) electrons. The predicted octanol–water partition coefficient (Wildman–Crippen LogP) is 0.809. The van der Waals surface area contributed by atoms with Crippen molar-refractivity contribution in [3.8, 4) is 5.75 Å². The fraction of sp³-hybridized carbons (Fsp3) is 0.667. The van der Waals surface area contributed by atoms with Gasteiger partial charge in [-0.2, -0.15) is 0 Å². The van der Waals surface area contributed by atoms with Crippen LogP contribution in [0.3, 0.4) is 0 Å². The molecule has 100 valence electrons. The Labute approximate surface area is 107 Å². The van der Waals surface area contributed by atoms with E-state index in [-0.39, 0.29) is 0 Å². The van der Waals surface area contributed by atoms with Gasteiger partial charge >= 0.3 is 0 Å². The highest BCUT2D eigenvalue weighted by Crippen LogP contribution is 2.34. The van der Waals surface area contributed by atoms with Gasteiger partial charge in [0.2, 0.25) is 5.75 Å². The smallest absolute Gasteiger partial charge is 0.204 e. The van der Waals surface area contributed by atoms with Crippen LogP contribution in [0.2, 0.25) is 0 Å². The quantitative estimate of drug-likeness (QED) is 0.825. The molecule has 1 aromatic rings. The average molecular weight is 252 g/mol. The molecule has 1 aromatic heterocycles. The molecule has 1 heterocycles. The van der Waals surface area contributed by atoms with Crippen LogP contribution in [-0.4, -0.2) is 41.4 Å². The van der Waals surface area contributed by atoms with E-state index in [0.29, 0.717) is 23.9 Å². The summed E-state index contributed by atoms with van der Waals surface area (Å²) in [5, 5.41) is 10.4. The number of nitrogens with zero attached hydrogens (tertiary/aromatic N) is 3. The van der Waals surface area contributed by atoms with Crippen molar-refractivity contribution < 1.29 is 9.84 Å². The number of methoxy groups -OCH3 is 1. The highest BCUT2D eigenvalue weighted by Gasteiger charge is 2.33. The summed E-state index contributed by atoms with van der Waals surface area (Å²) in [6, 6.07) is 0. The number of aliphatic hydroxyl groups is 1.